The number of phenols is 2. The maximum absolute atomic E-state index is 13.6. The number of fused-ring (bicyclic) bond motifs is 3. The Morgan fingerprint density at radius 1 is 1.09 bits per heavy atom. The van der Waals surface area contributed by atoms with Gasteiger partial charge in [0.1, 0.15) is 28.5 Å². The topological polar surface area (TPSA) is 188 Å². The van der Waals surface area contributed by atoms with E-state index in [1.807, 2.05) is 0 Å². The van der Waals surface area contributed by atoms with Gasteiger partial charge in [0.25, 0.3) is 5.91 Å². The van der Waals surface area contributed by atoms with E-state index in [1.54, 1.807) is 18.2 Å². The summed E-state index contributed by atoms with van der Waals surface area (Å²) in [7, 11) is 0. The number of nitroso groups, excluding NO2 is 1. The fraction of sp³-hybridized carbons (Fsp3) is 0.240. The molecule has 0 aromatic heterocycles. The monoisotopic (exact) mass is 476 g/mol. The van der Waals surface area contributed by atoms with E-state index >= 15 is 0 Å². The molecule has 0 spiro atoms. The number of Topliss-reactive ketones (excluding diaryl/α,β-unsaturated/α-hetero) is 2. The Morgan fingerprint density at radius 2 is 1.83 bits per heavy atom. The molecule has 2 aromatic carbocycles. The van der Waals surface area contributed by atoms with Gasteiger partial charge in [-0.15, -0.1) is 4.91 Å². The lowest BCUT2D eigenvalue weighted by Gasteiger charge is -2.45. The third-order valence-electron chi connectivity index (χ3n) is 7.21. The molecule has 3 atom stereocenters. The Labute approximate surface area is 198 Å². The second-order valence-corrected chi connectivity index (χ2v) is 9.04. The Bertz CT molecular complexity index is 1420. The number of carbonyl (C=O) groups excluding carboxylic acids is 3. The molecule has 35 heavy (non-hydrogen) atoms. The number of rotatable bonds is 3. The lowest BCUT2D eigenvalue weighted by atomic mass is 9.60. The van der Waals surface area contributed by atoms with Gasteiger partial charge < -0.3 is 26.2 Å². The van der Waals surface area contributed by atoms with Crippen molar-refractivity contribution in [3.05, 3.63) is 75.0 Å². The molecular formula is C25H20N2O8. The summed E-state index contributed by atoms with van der Waals surface area (Å²) in [6.07, 6.45) is -0.109. The molecule has 10 heteroatoms. The number of hydrogen-bond acceptors (Lipinski definition) is 9. The molecule has 5 rings (SSSR count). The maximum Gasteiger partial charge on any atom is 0.254 e. The first-order chi connectivity index (χ1) is 16.6. The second-order valence-electron chi connectivity index (χ2n) is 9.04. The molecule has 0 saturated heterocycles. The molecule has 178 valence electrons. The summed E-state index contributed by atoms with van der Waals surface area (Å²) in [5.41, 5.74) is 2.74. The van der Waals surface area contributed by atoms with Gasteiger partial charge in [-0.2, -0.15) is 0 Å². The maximum atomic E-state index is 13.6. The number of allylic oxidation sites excluding steroid dienone is 2. The minimum Gasteiger partial charge on any atom is -0.508 e. The molecule has 0 fully saturated rings. The van der Waals surface area contributed by atoms with Crippen molar-refractivity contribution in [2.24, 2.45) is 22.7 Å². The highest BCUT2D eigenvalue weighted by molar-refractivity contribution is 6.24. The van der Waals surface area contributed by atoms with Crippen LogP contribution in [0.5, 0.6) is 11.5 Å². The SMILES string of the molecule is NC(=O)C1=C(N=O)C[C@@H]2CC3Cc4c(-c5cccc(O)c5)ccc(O)c4C(=O)C3=C(O)[C@]2(O)C1=O. The van der Waals surface area contributed by atoms with E-state index in [2.05, 4.69) is 5.18 Å². The largest absolute Gasteiger partial charge is 0.508 e. The van der Waals surface area contributed by atoms with Crippen LogP contribution in [0.15, 0.2) is 64.2 Å². The van der Waals surface area contributed by atoms with Crippen molar-refractivity contribution in [3.63, 3.8) is 0 Å². The van der Waals surface area contributed by atoms with Crippen LogP contribution in [-0.4, -0.2) is 43.5 Å². The number of amides is 1. The van der Waals surface area contributed by atoms with Crippen LogP contribution in [0.2, 0.25) is 0 Å². The van der Waals surface area contributed by atoms with Crippen LogP contribution >= 0.6 is 0 Å². The molecule has 3 aliphatic carbocycles. The van der Waals surface area contributed by atoms with Crippen molar-refractivity contribution in [3.8, 4) is 22.6 Å². The van der Waals surface area contributed by atoms with Gasteiger partial charge in [-0.05, 0) is 58.8 Å². The number of aliphatic hydroxyl groups excluding tert-OH is 1. The molecule has 0 bridgehead atoms. The number of ketones is 2. The van der Waals surface area contributed by atoms with Gasteiger partial charge in [0.15, 0.2) is 11.4 Å². The lowest BCUT2D eigenvalue weighted by molar-refractivity contribution is -0.143. The predicted octanol–water partition coefficient (Wildman–Crippen LogP) is 2.16. The van der Waals surface area contributed by atoms with E-state index in [-0.39, 0.29) is 41.9 Å². The number of primary amides is 1. The Kier molecular flexibility index (Phi) is 4.88. The number of aliphatic hydroxyl groups is 2. The smallest absolute Gasteiger partial charge is 0.254 e. The highest BCUT2D eigenvalue weighted by Crippen LogP contribution is 2.52. The van der Waals surface area contributed by atoms with Crippen LogP contribution in [0.1, 0.15) is 28.8 Å². The zero-order valence-corrected chi connectivity index (χ0v) is 18.2. The fourth-order valence-electron chi connectivity index (χ4n) is 5.65. The molecular weight excluding hydrogens is 456 g/mol. The summed E-state index contributed by atoms with van der Waals surface area (Å²) in [6, 6.07) is 9.31. The van der Waals surface area contributed by atoms with Gasteiger partial charge in [-0.25, -0.2) is 0 Å². The summed E-state index contributed by atoms with van der Waals surface area (Å²) < 4.78 is 0. The minimum atomic E-state index is -2.63. The van der Waals surface area contributed by atoms with Gasteiger partial charge in [0, 0.05) is 17.9 Å². The summed E-state index contributed by atoms with van der Waals surface area (Å²) in [6.45, 7) is 0. The quantitative estimate of drug-likeness (QED) is 0.329. The Hall–Kier alpha value is -4.31. The van der Waals surface area contributed by atoms with Crippen LogP contribution in [0, 0.1) is 16.7 Å². The van der Waals surface area contributed by atoms with Gasteiger partial charge in [0.2, 0.25) is 5.78 Å². The van der Waals surface area contributed by atoms with E-state index in [0.717, 1.165) is 0 Å². The summed E-state index contributed by atoms with van der Waals surface area (Å²) in [4.78, 5) is 49.8. The van der Waals surface area contributed by atoms with Crippen LogP contribution in [0.25, 0.3) is 11.1 Å². The molecule has 0 saturated carbocycles. The van der Waals surface area contributed by atoms with Crippen molar-refractivity contribution >= 4 is 17.5 Å². The number of benzene rings is 2. The molecule has 3 aliphatic rings. The third kappa shape index (κ3) is 3.03. The summed E-state index contributed by atoms with van der Waals surface area (Å²) in [5, 5.41) is 45.6. The molecule has 2 aromatic rings. The summed E-state index contributed by atoms with van der Waals surface area (Å²) >= 11 is 0. The van der Waals surface area contributed by atoms with E-state index in [0.29, 0.717) is 16.7 Å². The molecule has 1 amide bonds. The van der Waals surface area contributed by atoms with Gasteiger partial charge in [-0.1, -0.05) is 18.2 Å². The number of phenolic OH excluding ortho intramolecular Hbond substituents is 2. The number of nitrogens with two attached hydrogens (primary N) is 1. The average molecular weight is 476 g/mol. The fourth-order valence-corrected chi connectivity index (χ4v) is 5.65. The summed E-state index contributed by atoms with van der Waals surface area (Å²) in [5.74, 6) is -6.26. The Balaban J connectivity index is 1.70. The number of carbonyl (C=O) groups is 3. The first-order valence-electron chi connectivity index (χ1n) is 10.9. The first-order valence-corrected chi connectivity index (χ1v) is 10.9. The molecule has 0 radical (unpaired) electrons. The average Bonchev–Trinajstić information content (AvgIpc) is 2.80. The van der Waals surface area contributed by atoms with E-state index in [4.69, 9.17) is 5.73 Å². The predicted molar refractivity (Wildman–Crippen MR) is 121 cm³/mol. The van der Waals surface area contributed by atoms with Gasteiger partial charge in [0.05, 0.1) is 5.56 Å². The van der Waals surface area contributed by atoms with Crippen molar-refractivity contribution in [1.82, 2.24) is 0 Å². The van der Waals surface area contributed by atoms with Crippen molar-refractivity contribution in [1.29, 1.82) is 0 Å². The highest BCUT2D eigenvalue weighted by Gasteiger charge is 2.59. The zero-order chi connectivity index (χ0) is 25.2. The van der Waals surface area contributed by atoms with Crippen molar-refractivity contribution in [2.75, 3.05) is 0 Å². The number of hydrogen-bond donors (Lipinski definition) is 5. The van der Waals surface area contributed by atoms with E-state index in [9.17, 15) is 39.7 Å². The molecule has 0 aliphatic heterocycles. The van der Waals surface area contributed by atoms with Crippen LogP contribution in [0.3, 0.4) is 0 Å². The molecule has 6 N–H and O–H groups in total. The molecule has 0 heterocycles. The van der Waals surface area contributed by atoms with E-state index < -0.39 is 51.9 Å². The highest BCUT2D eigenvalue weighted by atomic mass is 16.3. The van der Waals surface area contributed by atoms with Crippen molar-refractivity contribution < 1.29 is 34.8 Å². The first kappa shape index (κ1) is 22.5. The van der Waals surface area contributed by atoms with Crippen molar-refractivity contribution in [2.45, 2.75) is 24.9 Å². The molecule has 1 unspecified atom stereocenters. The number of nitrogens with zero attached hydrogens (tertiary/aromatic N) is 1. The van der Waals surface area contributed by atoms with Gasteiger partial charge >= 0.3 is 0 Å². The minimum absolute atomic E-state index is 0.0130. The van der Waals surface area contributed by atoms with Crippen LogP contribution in [0.4, 0.5) is 0 Å². The van der Waals surface area contributed by atoms with Crippen LogP contribution in [-0.2, 0) is 16.0 Å². The normalized spacial score (nSPS) is 25.6. The zero-order valence-electron chi connectivity index (χ0n) is 18.2. The third-order valence-corrected chi connectivity index (χ3v) is 7.21. The van der Waals surface area contributed by atoms with E-state index in [1.165, 1.54) is 18.2 Å². The van der Waals surface area contributed by atoms with Gasteiger partial charge in [-0.3, -0.25) is 14.4 Å². The Morgan fingerprint density at radius 3 is 2.49 bits per heavy atom. The second kappa shape index (κ2) is 7.60. The standard InChI is InChI=1S/C25H20N2O8/c26-24(33)20-16(27-35)9-12-6-11-8-15-14(10-2-1-3-13(28)7-10)4-5-17(29)19(15)21(30)18(11)22(31)25(12,34)23(20)32/h1-5,7,11-12,28-29,31,34H,6,8-9H2,(H2,26,33)/t11?,12-,25-/m0/s1. The number of aromatic hydroxyl groups is 2. The van der Waals surface area contributed by atoms with Crippen LogP contribution < -0.4 is 5.73 Å². The lowest BCUT2D eigenvalue weighted by Crippen LogP contribution is -2.57. The molecule has 10 nitrogen and oxygen atoms in total.